The third kappa shape index (κ3) is 3.93. The number of nitrogens with zero attached hydrogens (tertiary/aromatic N) is 1. The first-order chi connectivity index (χ1) is 8.08. The van der Waals surface area contributed by atoms with Crippen LogP contribution in [0.5, 0.6) is 0 Å². The van der Waals surface area contributed by atoms with E-state index in [2.05, 4.69) is 12.2 Å². The molecule has 0 aliphatic heterocycles. The molecule has 1 rings (SSSR count). The van der Waals surface area contributed by atoms with Gasteiger partial charge in [0.15, 0.2) is 0 Å². The molecule has 0 heterocycles. The summed E-state index contributed by atoms with van der Waals surface area (Å²) in [4.78, 5) is 10.6. The van der Waals surface area contributed by atoms with Crippen molar-refractivity contribution in [3.05, 3.63) is 33.9 Å². The molecule has 0 radical (unpaired) electrons. The molecule has 1 aromatic carbocycles. The molecule has 0 aliphatic carbocycles. The molecule has 0 saturated heterocycles. The van der Waals surface area contributed by atoms with Crippen molar-refractivity contribution in [1.29, 1.82) is 0 Å². The molecule has 1 unspecified atom stereocenters. The monoisotopic (exact) mass is 254 g/mol. The second-order valence-electron chi connectivity index (χ2n) is 3.98. The van der Waals surface area contributed by atoms with Gasteiger partial charge in [0.1, 0.15) is 5.69 Å². The lowest BCUT2D eigenvalue weighted by Crippen LogP contribution is -2.21. The number of nitro benzene ring substituents is 1. The van der Waals surface area contributed by atoms with Crippen molar-refractivity contribution in [1.82, 2.24) is 0 Å². The molecular weight excluding hydrogens is 236 g/mol. The van der Waals surface area contributed by atoms with Crippen LogP contribution in [-0.2, 0) is 0 Å². The average molecular weight is 254 g/mol. The Bertz CT molecular complexity index is 396. The van der Waals surface area contributed by atoms with Crippen LogP contribution < -0.4 is 5.32 Å². The fourth-order valence-electron chi connectivity index (χ4n) is 1.61. The Morgan fingerprint density at radius 2 is 2.24 bits per heavy atom. The summed E-state index contributed by atoms with van der Waals surface area (Å²) in [5.74, 6) is 0.946. The summed E-state index contributed by atoms with van der Waals surface area (Å²) in [6, 6.07) is 5.43. The van der Waals surface area contributed by atoms with Gasteiger partial charge in [-0.3, -0.25) is 10.1 Å². The van der Waals surface area contributed by atoms with Crippen molar-refractivity contribution in [2.24, 2.45) is 0 Å². The largest absolute Gasteiger partial charge is 0.376 e. The van der Waals surface area contributed by atoms with Crippen LogP contribution in [-0.4, -0.2) is 23.0 Å². The lowest BCUT2D eigenvalue weighted by atomic mass is 10.1. The van der Waals surface area contributed by atoms with Crippen LogP contribution in [0, 0.1) is 17.0 Å². The molecule has 94 valence electrons. The van der Waals surface area contributed by atoms with Crippen molar-refractivity contribution in [2.45, 2.75) is 26.3 Å². The molecule has 5 heteroatoms. The molecule has 0 fully saturated rings. The van der Waals surface area contributed by atoms with E-state index >= 15 is 0 Å². The summed E-state index contributed by atoms with van der Waals surface area (Å²) in [7, 11) is 0. The maximum absolute atomic E-state index is 10.9. The minimum atomic E-state index is -0.340. The summed E-state index contributed by atoms with van der Waals surface area (Å²) in [6.45, 7) is 4.01. The summed E-state index contributed by atoms with van der Waals surface area (Å²) in [5, 5.41) is 14.2. The van der Waals surface area contributed by atoms with Crippen LogP contribution in [0.4, 0.5) is 11.4 Å². The second-order valence-corrected chi connectivity index (χ2v) is 4.89. The number of rotatable bonds is 6. The number of thioether (sulfide) groups is 1. The van der Waals surface area contributed by atoms with Crippen LogP contribution in [0.25, 0.3) is 0 Å². The Balaban J connectivity index is 2.94. The molecule has 1 aromatic rings. The smallest absolute Gasteiger partial charge is 0.292 e. The van der Waals surface area contributed by atoms with Crippen LogP contribution in [0.15, 0.2) is 18.2 Å². The Morgan fingerprint density at radius 1 is 1.53 bits per heavy atom. The van der Waals surface area contributed by atoms with Crippen molar-refractivity contribution >= 4 is 23.1 Å². The third-order valence-electron chi connectivity index (χ3n) is 2.57. The van der Waals surface area contributed by atoms with Crippen molar-refractivity contribution in [2.75, 3.05) is 17.3 Å². The number of aryl methyl sites for hydroxylation is 1. The molecule has 0 aliphatic rings. The highest BCUT2D eigenvalue weighted by Crippen LogP contribution is 2.26. The number of nitrogens with one attached hydrogen (secondary N) is 1. The van der Waals surface area contributed by atoms with Gasteiger partial charge in [0.25, 0.3) is 5.69 Å². The molecule has 1 atom stereocenters. The molecule has 0 spiro atoms. The van der Waals surface area contributed by atoms with Gasteiger partial charge in [0.2, 0.25) is 0 Å². The van der Waals surface area contributed by atoms with Gasteiger partial charge in [0.05, 0.1) is 4.92 Å². The summed E-state index contributed by atoms with van der Waals surface area (Å²) >= 11 is 1.74. The zero-order valence-electron chi connectivity index (χ0n) is 10.4. The van der Waals surface area contributed by atoms with Crippen molar-refractivity contribution in [3.8, 4) is 0 Å². The van der Waals surface area contributed by atoms with Crippen molar-refractivity contribution < 1.29 is 4.92 Å². The summed E-state index contributed by atoms with van der Waals surface area (Å²) in [6.07, 6.45) is 2.99. The Labute approximate surface area is 106 Å². The standard InChI is InChI=1S/C12H18N2O2S/c1-4-10(8-17-3)13-11-7-9(2)5-6-12(11)14(15)16/h5-7,10,13H,4,8H2,1-3H3. The Hall–Kier alpha value is -1.23. The molecular formula is C12H18N2O2S. The lowest BCUT2D eigenvalue weighted by molar-refractivity contribution is -0.384. The van der Waals surface area contributed by atoms with Crippen LogP contribution in [0.1, 0.15) is 18.9 Å². The first-order valence-electron chi connectivity index (χ1n) is 5.59. The molecule has 17 heavy (non-hydrogen) atoms. The quantitative estimate of drug-likeness (QED) is 0.624. The van der Waals surface area contributed by atoms with E-state index in [0.717, 1.165) is 17.7 Å². The maximum atomic E-state index is 10.9. The normalized spacial score (nSPS) is 12.2. The lowest BCUT2D eigenvalue weighted by Gasteiger charge is -2.17. The van der Waals surface area contributed by atoms with E-state index in [0.29, 0.717) is 5.69 Å². The van der Waals surface area contributed by atoms with E-state index in [1.807, 2.05) is 19.2 Å². The molecule has 1 N–H and O–H groups in total. The highest BCUT2D eigenvalue weighted by molar-refractivity contribution is 7.98. The van der Waals surface area contributed by atoms with Gasteiger partial charge in [-0.15, -0.1) is 0 Å². The zero-order chi connectivity index (χ0) is 12.8. The van der Waals surface area contributed by atoms with E-state index in [4.69, 9.17) is 0 Å². The predicted octanol–water partition coefficient (Wildman–Crippen LogP) is 3.46. The number of hydrogen-bond acceptors (Lipinski definition) is 4. The predicted molar refractivity (Wildman–Crippen MR) is 73.9 cm³/mol. The van der Waals surface area contributed by atoms with Gasteiger partial charge >= 0.3 is 0 Å². The SMILES string of the molecule is CCC(CSC)Nc1cc(C)ccc1[N+](=O)[O-]. The Kier molecular flexibility index (Phi) is 5.28. The van der Waals surface area contributed by atoms with Gasteiger partial charge in [-0.05, 0) is 31.2 Å². The summed E-state index contributed by atoms with van der Waals surface area (Å²) < 4.78 is 0. The van der Waals surface area contributed by atoms with Crippen molar-refractivity contribution in [3.63, 3.8) is 0 Å². The van der Waals surface area contributed by atoms with Gasteiger partial charge in [-0.1, -0.05) is 13.0 Å². The highest BCUT2D eigenvalue weighted by Gasteiger charge is 2.16. The van der Waals surface area contributed by atoms with E-state index in [1.54, 1.807) is 23.9 Å². The first kappa shape index (κ1) is 13.8. The van der Waals surface area contributed by atoms with Gasteiger partial charge < -0.3 is 5.32 Å². The van der Waals surface area contributed by atoms with Crippen LogP contribution in [0.2, 0.25) is 0 Å². The van der Waals surface area contributed by atoms with E-state index in [9.17, 15) is 10.1 Å². The van der Waals surface area contributed by atoms with E-state index in [1.165, 1.54) is 0 Å². The summed E-state index contributed by atoms with van der Waals surface area (Å²) in [5.41, 5.74) is 1.79. The average Bonchev–Trinajstić information content (AvgIpc) is 2.28. The molecule has 0 aromatic heterocycles. The number of hydrogen-bond donors (Lipinski definition) is 1. The van der Waals surface area contributed by atoms with Gasteiger partial charge in [-0.25, -0.2) is 0 Å². The zero-order valence-corrected chi connectivity index (χ0v) is 11.2. The topological polar surface area (TPSA) is 55.2 Å². The Morgan fingerprint density at radius 3 is 2.76 bits per heavy atom. The molecule has 4 nitrogen and oxygen atoms in total. The minimum Gasteiger partial charge on any atom is -0.376 e. The second kappa shape index (κ2) is 6.49. The van der Waals surface area contributed by atoms with Crippen LogP contribution in [0.3, 0.4) is 0 Å². The van der Waals surface area contributed by atoms with E-state index in [-0.39, 0.29) is 16.7 Å². The maximum Gasteiger partial charge on any atom is 0.292 e. The van der Waals surface area contributed by atoms with Gasteiger partial charge in [-0.2, -0.15) is 11.8 Å². The highest BCUT2D eigenvalue weighted by atomic mass is 32.2. The first-order valence-corrected chi connectivity index (χ1v) is 6.98. The number of benzene rings is 1. The van der Waals surface area contributed by atoms with E-state index < -0.39 is 0 Å². The fourth-order valence-corrected chi connectivity index (χ4v) is 2.33. The molecule has 0 saturated carbocycles. The molecule has 0 bridgehead atoms. The van der Waals surface area contributed by atoms with Gasteiger partial charge in [0, 0.05) is 17.9 Å². The fraction of sp³-hybridized carbons (Fsp3) is 0.500. The third-order valence-corrected chi connectivity index (χ3v) is 3.30. The number of anilines is 1. The number of nitro groups is 1. The minimum absolute atomic E-state index is 0.148. The molecule has 0 amide bonds. The van der Waals surface area contributed by atoms with Crippen LogP contribution >= 0.6 is 11.8 Å².